The zero-order valence-electron chi connectivity index (χ0n) is 20.1. The number of hydrogen-bond donors (Lipinski definition) is 1. The monoisotopic (exact) mass is 527 g/mol. The summed E-state index contributed by atoms with van der Waals surface area (Å²) >= 11 is 1.05. The summed E-state index contributed by atoms with van der Waals surface area (Å²) in [4.78, 5) is 32.0. The fourth-order valence-corrected chi connectivity index (χ4v) is 4.82. The molecule has 1 fully saturated rings. The van der Waals surface area contributed by atoms with Crippen LogP contribution < -0.4 is 10.1 Å². The van der Waals surface area contributed by atoms with Gasteiger partial charge in [0, 0.05) is 12.1 Å². The molecule has 6 nitrogen and oxygen atoms in total. The van der Waals surface area contributed by atoms with Crippen molar-refractivity contribution >= 4 is 40.1 Å². The molecule has 2 amide bonds. The van der Waals surface area contributed by atoms with Gasteiger partial charge in [-0.25, -0.2) is 4.99 Å². The van der Waals surface area contributed by atoms with Gasteiger partial charge in [0.2, 0.25) is 11.8 Å². The number of amides is 2. The van der Waals surface area contributed by atoms with Crippen LogP contribution in [0.5, 0.6) is 5.75 Å². The third-order valence-electron chi connectivity index (χ3n) is 5.62. The molecule has 1 aliphatic heterocycles. The maximum atomic E-state index is 13.3. The SMILES string of the molecule is COc1ccc(CN2C(=O)C[C@@H](C(=O)Nc3cccc(C)c3)SC2=Nc2cccc(C(F)(F)F)c2)cc1. The first-order valence-electron chi connectivity index (χ1n) is 11.4. The highest BCUT2D eigenvalue weighted by Gasteiger charge is 2.36. The van der Waals surface area contributed by atoms with Crippen molar-refractivity contribution in [3.05, 3.63) is 89.5 Å². The Morgan fingerprint density at radius 3 is 2.51 bits per heavy atom. The predicted molar refractivity (Wildman–Crippen MR) is 138 cm³/mol. The normalized spacial score (nSPS) is 17.1. The second-order valence-electron chi connectivity index (χ2n) is 8.44. The van der Waals surface area contributed by atoms with Gasteiger partial charge in [-0.1, -0.05) is 42.1 Å². The van der Waals surface area contributed by atoms with Crippen LogP contribution in [0.15, 0.2) is 77.8 Å². The van der Waals surface area contributed by atoms with Crippen LogP contribution >= 0.6 is 11.8 Å². The lowest BCUT2D eigenvalue weighted by Gasteiger charge is -2.32. The van der Waals surface area contributed by atoms with Crippen LogP contribution in [0.3, 0.4) is 0 Å². The van der Waals surface area contributed by atoms with Crippen LogP contribution in [0.1, 0.15) is 23.1 Å². The molecule has 192 valence electrons. The van der Waals surface area contributed by atoms with Crippen LogP contribution in [0, 0.1) is 6.92 Å². The Labute approximate surface area is 216 Å². The molecule has 1 aliphatic rings. The molecular weight excluding hydrogens is 503 g/mol. The molecule has 0 radical (unpaired) electrons. The molecule has 1 saturated heterocycles. The van der Waals surface area contributed by atoms with Gasteiger partial charge < -0.3 is 10.1 Å². The highest BCUT2D eigenvalue weighted by molar-refractivity contribution is 8.15. The second kappa shape index (κ2) is 11.1. The molecule has 1 heterocycles. The summed E-state index contributed by atoms with van der Waals surface area (Å²) in [6.45, 7) is 2.03. The molecule has 1 atom stereocenters. The largest absolute Gasteiger partial charge is 0.497 e. The predicted octanol–water partition coefficient (Wildman–Crippen LogP) is 6.18. The quantitative estimate of drug-likeness (QED) is 0.416. The van der Waals surface area contributed by atoms with Gasteiger partial charge in [0.05, 0.1) is 24.9 Å². The van der Waals surface area contributed by atoms with Crippen molar-refractivity contribution in [1.82, 2.24) is 4.90 Å². The van der Waals surface area contributed by atoms with E-state index in [0.29, 0.717) is 11.4 Å². The lowest BCUT2D eigenvalue weighted by molar-refractivity contribution is -0.137. The van der Waals surface area contributed by atoms with E-state index in [4.69, 9.17) is 4.74 Å². The number of nitrogens with zero attached hydrogens (tertiary/aromatic N) is 2. The van der Waals surface area contributed by atoms with Gasteiger partial charge in [-0.2, -0.15) is 13.2 Å². The number of carbonyl (C=O) groups excluding carboxylic acids is 2. The molecule has 0 aliphatic carbocycles. The molecule has 0 aromatic heterocycles. The second-order valence-corrected chi connectivity index (χ2v) is 9.61. The number of anilines is 1. The Morgan fingerprint density at radius 2 is 1.84 bits per heavy atom. The third-order valence-corrected chi connectivity index (χ3v) is 6.80. The first kappa shape index (κ1) is 26.3. The van der Waals surface area contributed by atoms with E-state index in [1.165, 1.54) is 17.0 Å². The summed E-state index contributed by atoms with van der Waals surface area (Å²) in [5.74, 6) is -0.0942. The first-order chi connectivity index (χ1) is 17.6. The smallest absolute Gasteiger partial charge is 0.416 e. The minimum absolute atomic E-state index is 0.0320. The zero-order chi connectivity index (χ0) is 26.6. The van der Waals surface area contributed by atoms with Crippen molar-refractivity contribution < 1.29 is 27.5 Å². The summed E-state index contributed by atoms with van der Waals surface area (Å²) < 4.78 is 44.9. The molecule has 37 heavy (non-hydrogen) atoms. The number of amidine groups is 1. The number of ether oxygens (including phenoxy) is 1. The van der Waals surface area contributed by atoms with Crippen molar-refractivity contribution in [3.63, 3.8) is 0 Å². The molecule has 4 rings (SSSR count). The maximum Gasteiger partial charge on any atom is 0.416 e. The molecular formula is C27H24F3N3O3S. The first-order valence-corrected chi connectivity index (χ1v) is 12.2. The van der Waals surface area contributed by atoms with Crippen molar-refractivity contribution in [2.24, 2.45) is 4.99 Å². The van der Waals surface area contributed by atoms with Crippen molar-refractivity contribution in [3.8, 4) is 5.75 Å². The van der Waals surface area contributed by atoms with E-state index >= 15 is 0 Å². The van der Waals surface area contributed by atoms with Gasteiger partial charge in [0.25, 0.3) is 0 Å². The molecule has 3 aromatic carbocycles. The molecule has 10 heteroatoms. The number of aliphatic imine (C=N–C) groups is 1. The Hall–Kier alpha value is -3.79. The summed E-state index contributed by atoms with van der Waals surface area (Å²) in [6, 6.07) is 18.9. The highest BCUT2D eigenvalue weighted by Crippen LogP contribution is 2.34. The molecule has 3 aromatic rings. The van der Waals surface area contributed by atoms with Gasteiger partial charge in [-0.15, -0.1) is 0 Å². The molecule has 0 spiro atoms. The van der Waals surface area contributed by atoms with E-state index in [0.717, 1.165) is 35.0 Å². The van der Waals surface area contributed by atoms with Crippen LogP contribution in [0.25, 0.3) is 0 Å². The summed E-state index contributed by atoms with van der Waals surface area (Å²) in [7, 11) is 1.54. The number of aryl methyl sites for hydroxylation is 1. The maximum absolute atomic E-state index is 13.3. The summed E-state index contributed by atoms with van der Waals surface area (Å²) in [5, 5.41) is 2.16. The Bertz CT molecular complexity index is 1330. The average molecular weight is 528 g/mol. The van der Waals surface area contributed by atoms with E-state index in [-0.39, 0.29) is 35.6 Å². The number of halogens is 3. The lowest BCUT2D eigenvalue weighted by Crippen LogP contribution is -2.44. The fourth-order valence-electron chi connectivity index (χ4n) is 3.72. The van der Waals surface area contributed by atoms with Crippen LogP contribution in [0.2, 0.25) is 0 Å². The Morgan fingerprint density at radius 1 is 1.11 bits per heavy atom. The van der Waals surface area contributed by atoms with Gasteiger partial charge >= 0.3 is 6.18 Å². The topological polar surface area (TPSA) is 71.0 Å². The number of carbonyl (C=O) groups is 2. The third kappa shape index (κ3) is 6.71. The number of thioether (sulfide) groups is 1. The van der Waals surface area contributed by atoms with Crippen molar-refractivity contribution in [2.45, 2.75) is 31.3 Å². The highest BCUT2D eigenvalue weighted by atomic mass is 32.2. The van der Waals surface area contributed by atoms with Gasteiger partial charge in [-0.3, -0.25) is 14.5 Å². The van der Waals surface area contributed by atoms with Crippen LogP contribution in [0.4, 0.5) is 24.5 Å². The van der Waals surface area contributed by atoms with Crippen molar-refractivity contribution in [1.29, 1.82) is 0 Å². The van der Waals surface area contributed by atoms with Gasteiger partial charge in [0.1, 0.15) is 11.0 Å². The van der Waals surface area contributed by atoms with E-state index < -0.39 is 17.0 Å². The van der Waals surface area contributed by atoms with E-state index in [2.05, 4.69) is 10.3 Å². The van der Waals surface area contributed by atoms with E-state index in [1.807, 2.05) is 13.0 Å². The lowest BCUT2D eigenvalue weighted by atomic mass is 10.1. The Balaban J connectivity index is 1.64. The van der Waals surface area contributed by atoms with Crippen LogP contribution in [-0.2, 0) is 22.3 Å². The van der Waals surface area contributed by atoms with E-state index in [9.17, 15) is 22.8 Å². The minimum Gasteiger partial charge on any atom is -0.497 e. The minimum atomic E-state index is -4.54. The summed E-state index contributed by atoms with van der Waals surface area (Å²) in [5.41, 5.74) is 1.51. The van der Waals surface area contributed by atoms with Gasteiger partial charge in [0.15, 0.2) is 5.17 Å². The molecule has 1 N–H and O–H groups in total. The number of benzene rings is 3. The fraction of sp³-hybridized carbons (Fsp3) is 0.222. The number of hydrogen-bond acceptors (Lipinski definition) is 5. The number of alkyl halides is 3. The average Bonchev–Trinajstić information content (AvgIpc) is 2.86. The number of rotatable bonds is 6. The molecule has 0 bridgehead atoms. The van der Waals surface area contributed by atoms with Gasteiger partial charge in [-0.05, 0) is 60.5 Å². The number of nitrogens with one attached hydrogen (secondary N) is 1. The summed E-state index contributed by atoms with van der Waals surface area (Å²) in [6.07, 6.45) is -4.62. The number of methoxy groups -OCH3 is 1. The zero-order valence-corrected chi connectivity index (χ0v) is 20.9. The Kier molecular flexibility index (Phi) is 7.87. The van der Waals surface area contributed by atoms with Crippen molar-refractivity contribution in [2.75, 3.05) is 12.4 Å². The molecule has 0 saturated carbocycles. The van der Waals surface area contributed by atoms with Crippen LogP contribution in [-0.4, -0.2) is 34.2 Å². The standard InChI is InChI=1S/C27H24F3N3O3S/c1-17-5-3-7-20(13-17)31-25(35)23-15-24(34)33(16-18-9-11-22(36-2)12-10-18)26(37-23)32-21-8-4-6-19(14-21)27(28,29)30/h3-14,23H,15-16H2,1-2H3,(H,31,35)/t23-/m0/s1. The van der Waals surface area contributed by atoms with E-state index in [1.54, 1.807) is 49.6 Å². The molecule has 0 unspecified atom stereocenters.